The van der Waals surface area contributed by atoms with Crippen LogP contribution in [-0.2, 0) is 4.79 Å². The van der Waals surface area contributed by atoms with E-state index in [1.807, 2.05) is 12.3 Å². The van der Waals surface area contributed by atoms with Crippen LogP contribution >= 0.6 is 0 Å². The molecule has 168 valence electrons. The third kappa shape index (κ3) is 5.01. The SMILES string of the molecule is Cc1cccc2[nH]cc(C3CC(=O)/C(=C/NCCN4CCN(CCO)CC4)C(O)C3)c12. The summed E-state index contributed by atoms with van der Waals surface area (Å²) in [6.45, 7) is 8.64. The van der Waals surface area contributed by atoms with Gasteiger partial charge >= 0.3 is 0 Å². The van der Waals surface area contributed by atoms with Crippen molar-refractivity contribution in [1.29, 1.82) is 0 Å². The number of nitrogens with one attached hydrogen (secondary N) is 2. The third-order valence-corrected chi connectivity index (χ3v) is 6.72. The Labute approximate surface area is 183 Å². The highest BCUT2D eigenvalue weighted by molar-refractivity contribution is 5.98. The molecule has 1 saturated heterocycles. The Kier molecular flexibility index (Phi) is 7.07. The molecular formula is C24H34N4O3. The van der Waals surface area contributed by atoms with Crippen LogP contribution in [0.5, 0.6) is 0 Å². The van der Waals surface area contributed by atoms with Crippen LogP contribution in [0.25, 0.3) is 10.9 Å². The number of carbonyl (C=O) groups excluding carboxylic acids is 1. The number of ketones is 1. The van der Waals surface area contributed by atoms with Crippen molar-refractivity contribution < 1.29 is 15.0 Å². The highest BCUT2D eigenvalue weighted by Gasteiger charge is 2.33. The van der Waals surface area contributed by atoms with Crippen molar-refractivity contribution in [3.8, 4) is 0 Å². The molecule has 7 nitrogen and oxygen atoms in total. The van der Waals surface area contributed by atoms with Crippen LogP contribution in [-0.4, -0.2) is 89.3 Å². The lowest BCUT2D eigenvalue weighted by Crippen LogP contribution is -2.48. The summed E-state index contributed by atoms with van der Waals surface area (Å²) in [4.78, 5) is 20.8. The van der Waals surface area contributed by atoms with Gasteiger partial charge in [0.05, 0.1) is 12.7 Å². The number of aromatic nitrogens is 1. The van der Waals surface area contributed by atoms with Crippen molar-refractivity contribution in [2.45, 2.75) is 31.8 Å². The van der Waals surface area contributed by atoms with Gasteiger partial charge in [0, 0.05) is 81.1 Å². The number of rotatable bonds is 7. The Morgan fingerprint density at radius 2 is 1.94 bits per heavy atom. The fourth-order valence-corrected chi connectivity index (χ4v) is 4.92. The fraction of sp³-hybridized carbons (Fsp3) is 0.542. The summed E-state index contributed by atoms with van der Waals surface area (Å²) in [5, 5.41) is 24.2. The molecule has 2 aromatic rings. The smallest absolute Gasteiger partial charge is 0.163 e. The first-order chi connectivity index (χ1) is 15.1. The monoisotopic (exact) mass is 426 g/mol. The number of H-pyrrole nitrogens is 1. The first-order valence-electron chi connectivity index (χ1n) is 11.3. The Morgan fingerprint density at radius 3 is 2.65 bits per heavy atom. The van der Waals surface area contributed by atoms with Crippen molar-refractivity contribution in [3.63, 3.8) is 0 Å². The van der Waals surface area contributed by atoms with Crippen LogP contribution in [0.4, 0.5) is 0 Å². The summed E-state index contributed by atoms with van der Waals surface area (Å²) in [7, 11) is 0. The lowest BCUT2D eigenvalue weighted by molar-refractivity contribution is -0.118. The molecule has 0 amide bonds. The van der Waals surface area contributed by atoms with E-state index in [4.69, 9.17) is 5.11 Å². The van der Waals surface area contributed by atoms with Crippen molar-refractivity contribution >= 4 is 16.7 Å². The number of piperazine rings is 1. The van der Waals surface area contributed by atoms with E-state index in [1.165, 1.54) is 10.9 Å². The molecule has 0 spiro atoms. The minimum absolute atomic E-state index is 0.0248. The van der Waals surface area contributed by atoms with Gasteiger partial charge in [-0.2, -0.15) is 0 Å². The summed E-state index contributed by atoms with van der Waals surface area (Å²) in [5.41, 5.74) is 3.90. The number of hydrogen-bond acceptors (Lipinski definition) is 6. The Hall–Kier alpha value is -2.19. The highest BCUT2D eigenvalue weighted by Crippen LogP contribution is 2.38. The number of aryl methyl sites for hydroxylation is 1. The number of aliphatic hydroxyl groups excluding tert-OH is 2. The molecular weight excluding hydrogens is 392 g/mol. The van der Waals surface area contributed by atoms with Gasteiger partial charge in [-0.15, -0.1) is 0 Å². The number of nitrogens with zero attached hydrogens (tertiary/aromatic N) is 2. The molecule has 0 bridgehead atoms. The number of benzene rings is 1. The molecule has 2 heterocycles. The molecule has 1 aromatic carbocycles. The van der Waals surface area contributed by atoms with Crippen molar-refractivity contribution in [1.82, 2.24) is 20.1 Å². The second-order valence-corrected chi connectivity index (χ2v) is 8.78. The molecule has 2 aliphatic rings. The fourth-order valence-electron chi connectivity index (χ4n) is 4.92. The summed E-state index contributed by atoms with van der Waals surface area (Å²) in [6.07, 6.45) is 3.97. The van der Waals surface area contributed by atoms with Crippen LogP contribution in [0.2, 0.25) is 0 Å². The first-order valence-corrected chi connectivity index (χ1v) is 11.3. The molecule has 2 atom stereocenters. The predicted molar refractivity (Wildman–Crippen MR) is 122 cm³/mol. The summed E-state index contributed by atoms with van der Waals surface area (Å²) in [6, 6.07) is 6.16. The molecule has 4 rings (SSSR count). The van der Waals surface area contributed by atoms with E-state index >= 15 is 0 Å². The van der Waals surface area contributed by atoms with Gasteiger partial charge in [0.2, 0.25) is 0 Å². The van der Waals surface area contributed by atoms with Gasteiger partial charge in [-0.3, -0.25) is 14.6 Å². The van der Waals surface area contributed by atoms with E-state index in [9.17, 15) is 9.90 Å². The first kappa shape index (κ1) is 22.0. The number of hydrogen-bond donors (Lipinski definition) is 4. The maximum atomic E-state index is 12.8. The molecule has 7 heteroatoms. The Balaban J connectivity index is 1.30. The Bertz CT molecular complexity index is 930. The Morgan fingerprint density at radius 1 is 1.19 bits per heavy atom. The van der Waals surface area contributed by atoms with Crippen LogP contribution in [0.1, 0.15) is 29.9 Å². The number of aliphatic hydroxyl groups is 2. The van der Waals surface area contributed by atoms with E-state index in [2.05, 4.69) is 39.2 Å². The normalized spacial score (nSPS) is 24.9. The largest absolute Gasteiger partial charge is 0.395 e. The van der Waals surface area contributed by atoms with E-state index in [0.29, 0.717) is 18.4 Å². The van der Waals surface area contributed by atoms with Gasteiger partial charge in [-0.1, -0.05) is 12.1 Å². The van der Waals surface area contributed by atoms with Gasteiger partial charge in [-0.25, -0.2) is 0 Å². The quantitative estimate of drug-likeness (QED) is 0.395. The molecule has 1 aromatic heterocycles. The van der Waals surface area contributed by atoms with Crippen molar-refractivity contribution in [2.24, 2.45) is 0 Å². The number of fused-ring (bicyclic) bond motifs is 1. The molecule has 1 saturated carbocycles. The van der Waals surface area contributed by atoms with Crippen LogP contribution in [0.15, 0.2) is 36.2 Å². The van der Waals surface area contributed by atoms with E-state index in [-0.39, 0.29) is 18.3 Å². The topological polar surface area (TPSA) is 91.8 Å². The number of Topliss-reactive ketones (excluding diaryl/α,β-unsaturated/α-hetero) is 1. The van der Waals surface area contributed by atoms with Gasteiger partial charge in [0.15, 0.2) is 5.78 Å². The molecule has 1 aliphatic carbocycles. The van der Waals surface area contributed by atoms with Crippen molar-refractivity contribution in [3.05, 3.63) is 47.3 Å². The van der Waals surface area contributed by atoms with E-state index in [1.54, 1.807) is 6.20 Å². The minimum atomic E-state index is -0.741. The second kappa shape index (κ2) is 9.96. The minimum Gasteiger partial charge on any atom is -0.395 e. The zero-order chi connectivity index (χ0) is 21.8. The number of aromatic amines is 1. The van der Waals surface area contributed by atoms with E-state index < -0.39 is 6.10 Å². The number of carbonyl (C=O) groups is 1. The maximum absolute atomic E-state index is 12.8. The van der Waals surface area contributed by atoms with Crippen LogP contribution in [0, 0.1) is 6.92 Å². The predicted octanol–water partition coefficient (Wildman–Crippen LogP) is 1.37. The van der Waals surface area contributed by atoms with Gasteiger partial charge in [0.1, 0.15) is 0 Å². The van der Waals surface area contributed by atoms with Crippen LogP contribution < -0.4 is 5.32 Å². The molecule has 2 fully saturated rings. The number of β-amino-alcohol motifs (C(OH)–C–C–N with tert-alkyl or cyclic N) is 1. The average molecular weight is 427 g/mol. The van der Waals surface area contributed by atoms with E-state index in [0.717, 1.165) is 56.9 Å². The standard InChI is InChI=1S/C24H34N4O3/c1-17-3-2-4-21-24(17)19(16-26-21)18-13-22(30)20(23(31)14-18)15-25-5-6-27-7-9-28(10-8-27)11-12-29/h2-4,15-16,18,22,25-26,29-30H,5-14H2,1H3/b20-15+. The lowest BCUT2D eigenvalue weighted by atomic mass is 9.79. The summed E-state index contributed by atoms with van der Waals surface area (Å²) in [5.74, 6) is 0.0570. The zero-order valence-corrected chi connectivity index (χ0v) is 18.3. The van der Waals surface area contributed by atoms with Crippen molar-refractivity contribution in [2.75, 3.05) is 52.4 Å². The molecule has 0 radical (unpaired) electrons. The van der Waals surface area contributed by atoms with Gasteiger partial charge in [-0.05, 0) is 36.5 Å². The molecule has 31 heavy (non-hydrogen) atoms. The highest BCUT2D eigenvalue weighted by atomic mass is 16.3. The zero-order valence-electron chi connectivity index (χ0n) is 18.3. The summed E-state index contributed by atoms with van der Waals surface area (Å²) >= 11 is 0. The average Bonchev–Trinajstić information content (AvgIpc) is 3.19. The molecule has 2 unspecified atom stereocenters. The maximum Gasteiger partial charge on any atom is 0.163 e. The summed E-state index contributed by atoms with van der Waals surface area (Å²) < 4.78 is 0. The second-order valence-electron chi connectivity index (χ2n) is 8.78. The van der Waals surface area contributed by atoms with Gasteiger partial charge < -0.3 is 20.5 Å². The van der Waals surface area contributed by atoms with Gasteiger partial charge in [0.25, 0.3) is 0 Å². The lowest BCUT2D eigenvalue weighted by Gasteiger charge is -2.34. The molecule has 1 aliphatic heterocycles. The molecule has 4 N–H and O–H groups in total. The van der Waals surface area contributed by atoms with Crippen LogP contribution in [0.3, 0.4) is 0 Å². The third-order valence-electron chi connectivity index (χ3n) is 6.72.